The summed E-state index contributed by atoms with van der Waals surface area (Å²) in [6, 6.07) is 11.7. The van der Waals surface area contributed by atoms with Crippen molar-refractivity contribution in [1.29, 1.82) is 0 Å². The zero-order valence-electron chi connectivity index (χ0n) is 15.9. The average molecular weight is 383 g/mol. The van der Waals surface area contributed by atoms with E-state index >= 15 is 0 Å². The first-order valence-electron chi connectivity index (χ1n) is 9.37. The summed E-state index contributed by atoms with van der Waals surface area (Å²) in [5.74, 6) is 1.28. The highest BCUT2D eigenvalue weighted by Gasteiger charge is 2.09. The Hall–Kier alpha value is -3.13. The molecular weight excluding hydrogens is 358 g/mol. The molecule has 3 N–H and O–H groups in total. The number of amides is 1. The number of rotatable bonds is 10. The molecule has 2 aromatic heterocycles. The van der Waals surface area contributed by atoms with E-state index in [0.29, 0.717) is 6.42 Å². The van der Waals surface area contributed by atoms with Crippen LogP contribution in [0.1, 0.15) is 32.1 Å². The first kappa shape index (κ1) is 19.6. The summed E-state index contributed by atoms with van der Waals surface area (Å²) < 4.78 is 7.05. The van der Waals surface area contributed by atoms with Gasteiger partial charge in [-0.15, -0.1) is 0 Å². The Bertz CT molecular complexity index is 908. The highest BCUT2D eigenvalue weighted by atomic mass is 16.5. The number of ether oxygens (including phenoxy) is 1. The van der Waals surface area contributed by atoms with Gasteiger partial charge < -0.3 is 10.1 Å². The number of nitrogens with one attached hydrogen (secondary N) is 2. The van der Waals surface area contributed by atoms with Gasteiger partial charge in [-0.1, -0.05) is 12.8 Å². The first-order chi connectivity index (χ1) is 13.7. The van der Waals surface area contributed by atoms with Crippen LogP contribution < -0.4 is 15.5 Å². The van der Waals surface area contributed by atoms with Gasteiger partial charge in [-0.05, 0) is 37.1 Å². The number of hydrogen-bond acceptors (Lipinski definition) is 6. The van der Waals surface area contributed by atoms with Gasteiger partial charge in [0.25, 0.3) is 0 Å². The largest absolute Gasteiger partial charge is 0.497 e. The topological polar surface area (TPSA) is 101 Å². The first-order valence-corrected chi connectivity index (χ1v) is 9.37. The summed E-state index contributed by atoms with van der Waals surface area (Å²) in [5, 5.41) is 16.2. The molecule has 0 saturated heterocycles. The van der Waals surface area contributed by atoms with Crippen LogP contribution in [0.5, 0.6) is 5.75 Å². The van der Waals surface area contributed by atoms with Crippen LogP contribution in [0.15, 0.2) is 42.6 Å². The number of benzene rings is 1. The Morgan fingerprint density at radius 1 is 1.14 bits per heavy atom. The smallest absolute Gasteiger partial charge is 0.243 e. The molecule has 3 rings (SSSR count). The number of hydrogen-bond donors (Lipinski definition) is 3. The molecule has 0 unspecified atom stereocenters. The Labute approximate surface area is 163 Å². The summed E-state index contributed by atoms with van der Waals surface area (Å²) in [4.78, 5) is 15.6. The third kappa shape index (κ3) is 4.98. The van der Waals surface area contributed by atoms with Crippen molar-refractivity contribution in [3.05, 3.63) is 42.6 Å². The minimum absolute atomic E-state index is 0.331. The van der Waals surface area contributed by atoms with E-state index < -0.39 is 0 Å². The second-order valence-corrected chi connectivity index (χ2v) is 6.48. The van der Waals surface area contributed by atoms with Gasteiger partial charge in [0.2, 0.25) is 5.91 Å². The van der Waals surface area contributed by atoms with Crippen molar-refractivity contribution >= 4 is 17.4 Å². The van der Waals surface area contributed by atoms with Crippen molar-refractivity contribution in [2.24, 2.45) is 0 Å². The highest BCUT2D eigenvalue weighted by Crippen LogP contribution is 2.25. The van der Waals surface area contributed by atoms with E-state index in [1.807, 2.05) is 40.9 Å². The van der Waals surface area contributed by atoms with Crippen LogP contribution in [0, 0.1) is 0 Å². The monoisotopic (exact) mass is 383 g/mol. The van der Waals surface area contributed by atoms with E-state index in [9.17, 15) is 4.79 Å². The van der Waals surface area contributed by atoms with E-state index in [-0.39, 0.29) is 5.91 Å². The lowest BCUT2D eigenvalue weighted by Crippen LogP contribution is -2.17. The molecule has 0 atom stereocenters. The predicted molar refractivity (Wildman–Crippen MR) is 106 cm³/mol. The maximum atomic E-state index is 11.0. The Balaban J connectivity index is 1.60. The van der Waals surface area contributed by atoms with Crippen molar-refractivity contribution in [2.45, 2.75) is 32.1 Å². The van der Waals surface area contributed by atoms with E-state index in [2.05, 4.69) is 15.4 Å². The molecule has 0 spiro atoms. The summed E-state index contributed by atoms with van der Waals surface area (Å²) >= 11 is 0. The fourth-order valence-electron chi connectivity index (χ4n) is 3.01. The Morgan fingerprint density at radius 2 is 1.93 bits per heavy atom. The SMILES string of the molecule is COc1ccc(-c2cc(NCCCCCCC(=O)NO)nc3ccnn23)cc1. The van der Waals surface area contributed by atoms with Gasteiger partial charge in [0.05, 0.1) is 19.0 Å². The van der Waals surface area contributed by atoms with Gasteiger partial charge in [0.15, 0.2) is 5.65 Å². The average Bonchev–Trinajstić information content (AvgIpc) is 3.21. The van der Waals surface area contributed by atoms with Gasteiger partial charge in [0.1, 0.15) is 11.6 Å². The molecule has 1 aromatic carbocycles. The maximum Gasteiger partial charge on any atom is 0.243 e. The summed E-state index contributed by atoms with van der Waals surface area (Å²) in [6.45, 7) is 0.797. The number of hydroxylamine groups is 1. The Kier molecular flexibility index (Phi) is 6.80. The van der Waals surface area contributed by atoms with Gasteiger partial charge in [-0.3, -0.25) is 10.0 Å². The van der Waals surface area contributed by atoms with Crippen molar-refractivity contribution in [1.82, 2.24) is 20.1 Å². The minimum Gasteiger partial charge on any atom is -0.497 e. The fourth-order valence-corrected chi connectivity index (χ4v) is 3.01. The van der Waals surface area contributed by atoms with Crippen LogP contribution in [0.2, 0.25) is 0 Å². The number of anilines is 1. The molecule has 28 heavy (non-hydrogen) atoms. The lowest BCUT2D eigenvalue weighted by atomic mass is 10.1. The molecular formula is C20H25N5O3. The number of aromatic nitrogens is 3. The van der Waals surface area contributed by atoms with Crippen LogP contribution in [-0.4, -0.2) is 39.4 Å². The normalized spacial score (nSPS) is 10.8. The number of carbonyl (C=O) groups excluding carboxylic acids is 1. The molecule has 148 valence electrons. The zero-order valence-corrected chi connectivity index (χ0v) is 15.9. The van der Waals surface area contributed by atoms with E-state index in [1.165, 1.54) is 0 Å². The van der Waals surface area contributed by atoms with E-state index in [1.54, 1.807) is 18.8 Å². The van der Waals surface area contributed by atoms with Gasteiger partial charge >= 0.3 is 0 Å². The molecule has 0 saturated carbocycles. The zero-order chi connectivity index (χ0) is 19.8. The molecule has 0 bridgehead atoms. The lowest BCUT2D eigenvalue weighted by molar-refractivity contribution is -0.129. The second-order valence-electron chi connectivity index (χ2n) is 6.48. The predicted octanol–water partition coefficient (Wildman–Crippen LogP) is 3.27. The van der Waals surface area contributed by atoms with E-state index in [4.69, 9.17) is 9.94 Å². The summed E-state index contributed by atoms with van der Waals surface area (Å²) in [6.07, 6.45) is 5.79. The summed E-state index contributed by atoms with van der Waals surface area (Å²) in [7, 11) is 1.65. The molecule has 0 aliphatic carbocycles. The second kappa shape index (κ2) is 9.70. The number of carbonyl (C=O) groups is 1. The van der Waals surface area contributed by atoms with Gasteiger partial charge in [-0.2, -0.15) is 5.10 Å². The maximum absolute atomic E-state index is 11.0. The van der Waals surface area contributed by atoms with Crippen molar-refractivity contribution in [3.8, 4) is 17.0 Å². The van der Waals surface area contributed by atoms with Gasteiger partial charge in [-0.25, -0.2) is 15.0 Å². The highest BCUT2D eigenvalue weighted by molar-refractivity contribution is 5.74. The number of nitrogens with zero attached hydrogens (tertiary/aromatic N) is 3. The van der Waals surface area contributed by atoms with Crippen molar-refractivity contribution < 1.29 is 14.7 Å². The Morgan fingerprint density at radius 3 is 2.68 bits per heavy atom. The summed E-state index contributed by atoms with van der Waals surface area (Å²) in [5.41, 5.74) is 4.42. The molecule has 3 aromatic rings. The number of unbranched alkanes of at least 4 members (excludes halogenated alkanes) is 3. The molecule has 2 heterocycles. The molecule has 0 aliphatic heterocycles. The molecule has 1 amide bonds. The third-order valence-corrected chi connectivity index (χ3v) is 4.51. The number of fused-ring (bicyclic) bond motifs is 1. The third-order valence-electron chi connectivity index (χ3n) is 4.51. The minimum atomic E-state index is -0.331. The van der Waals surface area contributed by atoms with Crippen LogP contribution in [-0.2, 0) is 4.79 Å². The van der Waals surface area contributed by atoms with Crippen molar-refractivity contribution in [3.63, 3.8) is 0 Å². The van der Waals surface area contributed by atoms with Crippen LogP contribution in [0.25, 0.3) is 16.9 Å². The van der Waals surface area contributed by atoms with Gasteiger partial charge in [0, 0.05) is 30.7 Å². The quantitative estimate of drug-likeness (QED) is 0.282. The number of methoxy groups -OCH3 is 1. The standard InChI is InChI=1S/C20H25N5O3/c1-28-16-9-7-15(8-10-16)17-14-18(23-19-11-13-22-25(17)19)21-12-5-3-2-4-6-20(26)24-27/h7-11,13-14,27H,2-6,12H2,1H3,(H,21,23)(H,24,26). The van der Waals surface area contributed by atoms with E-state index in [0.717, 1.165) is 60.7 Å². The van der Waals surface area contributed by atoms with Crippen molar-refractivity contribution in [2.75, 3.05) is 19.0 Å². The lowest BCUT2D eigenvalue weighted by Gasteiger charge is -2.11. The van der Waals surface area contributed by atoms with Crippen LogP contribution in [0.4, 0.5) is 5.82 Å². The molecule has 0 aliphatic rings. The fraction of sp³-hybridized carbons (Fsp3) is 0.350. The molecule has 0 radical (unpaired) electrons. The molecule has 8 nitrogen and oxygen atoms in total. The molecule has 0 fully saturated rings. The van der Waals surface area contributed by atoms with Crippen LogP contribution >= 0.6 is 0 Å². The molecule has 8 heteroatoms. The van der Waals surface area contributed by atoms with Crippen LogP contribution in [0.3, 0.4) is 0 Å².